The molecule has 4 rings (SSSR count). The van der Waals surface area contributed by atoms with Crippen molar-refractivity contribution in [3.05, 3.63) is 63.5 Å². The minimum Gasteiger partial charge on any atom is -0.336 e. The van der Waals surface area contributed by atoms with E-state index in [0.29, 0.717) is 15.8 Å². The Morgan fingerprint density at radius 2 is 1.69 bits per heavy atom. The monoisotopic (exact) mass is 435 g/mol. The highest BCUT2D eigenvalue weighted by Crippen LogP contribution is 2.24. The highest BCUT2D eigenvalue weighted by molar-refractivity contribution is 7.89. The van der Waals surface area contributed by atoms with Crippen LogP contribution < -0.4 is 4.87 Å². The molecular formula is C19H18FN3O4S2. The second-order valence-corrected chi connectivity index (χ2v) is 9.69. The number of sulfonamides is 1. The first kappa shape index (κ1) is 19.7. The number of aromatic nitrogens is 1. The van der Waals surface area contributed by atoms with E-state index in [1.54, 1.807) is 18.0 Å². The summed E-state index contributed by atoms with van der Waals surface area (Å²) in [4.78, 5) is 25.9. The lowest BCUT2D eigenvalue weighted by Crippen LogP contribution is -2.50. The van der Waals surface area contributed by atoms with Gasteiger partial charge in [0.05, 0.1) is 15.1 Å². The summed E-state index contributed by atoms with van der Waals surface area (Å²) in [6, 6.07) is 9.94. The fraction of sp³-hybridized carbons (Fsp3) is 0.263. The molecule has 0 unspecified atom stereocenters. The van der Waals surface area contributed by atoms with E-state index in [9.17, 15) is 22.4 Å². The lowest BCUT2D eigenvalue weighted by molar-refractivity contribution is 0.0698. The van der Waals surface area contributed by atoms with E-state index >= 15 is 0 Å². The number of piperazine rings is 1. The minimum atomic E-state index is -3.74. The van der Waals surface area contributed by atoms with Crippen molar-refractivity contribution in [3.8, 4) is 0 Å². The van der Waals surface area contributed by atoms with Crippen LogP contribution >= 0.6 is 11.3 Å². The van der Waals surface area contributed by atoms with Crippen LogP contribution in [-0.4, -0.2) is 54.3 Å². The van der Waals surface area contributed by atoms with Gasteiger partial charge in [-0.25, -0.2) is 12.8 Å². The van der Waals surface area contributed by atoms with Crippen LogP contribution in [-0.2, 0) is 17.1 Å². The molecule has 3 aromatic rings. The first-order valence-corrected chi connectivity index (χ1v) is 11.2. The average Bonchev–Trinajstić information content (AvgIpc) is 3.01. The number of thiazole rings is 1. The van der Waals surface area contributed by atoms with E-state index in [2.05, 4.69) is 0 Å². The molecule has 2 aromatic carbocycles. The molecule has 1 fully saturated rings. The molecule has 0 aliphatic carbocycles. The molecule has 0 radical (unpaired) electrons. The van der Waals surface area contributed by atoms with Gasteiger partial charge in [-0.2, -0.15) is 4.31 Å². The second-order valence-electron chi connectivity index (χ2n) is 6.76. The van der Waals surface area contributed by atoms with Crippen molar-refractivity contribution in [2.24, 2.45) is 7.05 Å². The molecule has 1 amide bonds. The number of halogens is 1. The maximum atomic E-state index is 13.0. The van der Waals surface area contributed by atoms with Crippen molar-refractivity contribution in [2.75, 3.05) is 26.2 Å². The molecule has 0 saturated carbocycles. The zero-order valence-electron chi connectivity index (χ0n) is 15.5. The number of hydrogen-bond acceptors (Lipinski definition) is 5. The Labute approximate surface area is 170 Å². The van der Waals surface area contributed by atoms with E-state index in [-0.39, 0.29) is 41.9 Å². The Bertz CT molecular complexity index is 1240. The van der Waals surface area contributed by atoms with Crippen molar-refractivity contribution in [2.45, 2.75) is 4.90 Å². The third-order valence-electron chi connectivity index (χ3n) is 5.02. The van der Waals surface area contributed by atoms with Crippen LogP contribution in [0.1, 0.15) is 10.4 Å². The van der Waals surface area contributed by atoms with E-state index in [1.807, 2.05) is 0 Å². The molecule has 7 nitrogen and oxygen atoms in total. The predicted octanol–water partition coefficient (Wildman–Crippen LogP) is 1.89. The maximum Gasteiger partial charge on any atom is 0.307 e. The van der Waals surface area contributed by atoms with Crippen LogP contribution in [0.25, 0.3) is 10.2 Å². The molecule has 1 aromatic heterocycles. The van der Waals surface area contributed by atoms with Crippen LogP contribution in [0.2, 0.25) is 0 Å². The van der Waals surface area contributed by atoms with Gasteiger partial charge in [0.1, 0.15) is 5.82 Å². The summed E-state index contributed by atoms with van der Waals surface area (Å²) in [5.74, 6) is -0.671. The number of hydrogen-bond donors (Lipinski definition) is 0. The SMILES string of the molecule is Cn1c(=O)sc2cc(S(=O)(=O)N3CCN(C(=O)c4ccc(F)cc4)CC3)ccc21. The third-order valence-corrected chi connectivity index (χ3v) is 7.91. The number of amides is 1. The van der Waals surface area contributed by atoms with Crippen LogP contribution in [0.3, 0.4) is 0 Å². The molecule has 1 saturated heterocycles. The topological polar surface area (TPSA) is 79.7 Å². The quantitative estimate of drug-likeness (QED) is 0.629. The van der Waals surface area contributed by atoms with E-state index < -0.39 is 15.8 Å². The molecule has 0 bridgehead atoms. The fourth-order valence-corrected chi connectivity index (χ4v) is 5.77. The van der Waals surface area contributed by atoms with E-state index in [1.165, 1.54) is 45.3 Å². The van der Waals surface area contributed by atoms with Gasteiger partial charge in [-0.1, -0.05) is 11.3 Å². The molecule has 29 heavy (non-hydrogen) atoms. The Kier molecular flexibility index (Phi) is 5.01. The number of carbonyl (C=O) groups excluding carboxylic acids is 1. The fourth-order valence-electron chi connectivity index (χ4n) is 3.33. The van der Waals surface area contributed by atoms with Gasteiger partial charge >= 0.3 is 4.87 Å². The average molecular weight is 436 g/mol. The summed E-state index contributed by atoms with van der Waals surface area (Å²) < 4.78 is 42.5. The van der Waals surface area contributed by atoms with Crippen molar-refractivity contribution in [1.29, 1.82) is 0 Å². The maximum absolute atomic E-state index is 13.0. The van der Waals surface area contributed by atoms with Gasteiger partial charge in [0.25, 0.3) is 5.91 Å². The molecule has 1 aliphatic heterocycles. The normalized spacial score (nSPS) is 15.7. The van der Waals surface area contributed by atoms with Crippen LogP contribution in [0.5, 0.6) is 0 Å². The number of fused-ring (bicyclic) bond motifs is 1. The van der Waals surface area contributed by atoms with Gasteiger partial charge in [-0.3, -0.25) is 9.59 Å². The number of benzene rings is 2. The second kappa shape index (κ2) is 7.36. The highest BCUT2D eigenvalue weighted by Gasteiger charge is 2.30. The number of rotatable bonds is 3. The van der Waals surface area contributed by atoms with Crippen molar-refractivity contribution >= 4 is 37.5 Å². The lowest BCUT2D eigenvalue weighted by Gasteiger charge is -2.34. The highest BCUT2D eigenvalue weighted by atomic mass is 32.2. The molecule has 152 valence electrons. The Hall–Kier alpha value is -2.56. The summed E-state index contributed by atoms with van der Waals surface area (Å²) in [6.07, 6.45) is 0. The minimum absolute atomic E-state index is 0.130. The number of carbonyl (C=O) groups is 1. The molecule has 0 N–H and O–H groups in total. The van der Waals surface area contributed by atoms with Crippen LogP contribution in [0.4, 0.5) is 4.39 Å². The lowest BCUT2D eigenvalue weighted by atomic mass is 10.2. The van der Waals surface area contributed by atoms with E-state index in [4.69, 9.17) is 0 Å². The van der Waals surface area contributed by atoms with Crippen LogP contribution in [0.15, 0.2) is 52.2 Å². The smallest absolute Gasteiger partial charge is 0.307 e. The van der Waals surface area contributed by atoms with E-state index in [0.717, 1.165) is 11.3 Å². The van der Waals surface area contributed by atoms with Crippen molar-refractivity contribution in [1.82, 2.24) is 13.8 Å². The first-order valence-electron chi connectivity index (χ1n) is 8.92. The summed E-state index contributed by atoms with van der Waals surface area (Å²) in [5.41, 5.74) is 1.06. The van der Waals surface area contributed by atoms with Gasteiger partial charge in [-0.05, 0) is 42.5 Å². The van der Waals surface area contributed by atoms with Crippen LogP contribution in [0, 0.1) is 5.82 Å². The summed E-state index contributed by atoms with van der Waals surface area (Å²) >= 11 is 1.00. The van der Waals surface area contributed by atoms with Gasteiger partial charge in [0, 0.05) is 38.8 Å². The standard InChI is InChI=1S/C19H18FN3O4S2/c1-21-16-7-6-15(12-17(16)28-19(21)25)29(26,27)23-10-8-22(9-11-23)18(24)13-2-4-14(20)5-3-13/h2-7,12H,8-11H2,1H3. The molecule has 10 heteroatoms. The largest absolute Gasteiger partial charge is 0.336 e. The molecule has 2 heterocycles. The van der Waals surface area contributed by atoms with Gasteiger partial charge in [0.15, 0.2) is 0 Å². The molecular weight excluding hydrogens is 417 g/mol. The van der Waals surface area contributed by atoms with Crippen molar-refractivity contribution in [3.63, 3.8) is 0 Å². The zero-order valence-corrected chi connectivity index (χ0v) is 17.2. The molecule has 0 atom stereocenters. The molecule has 1 aliphatic rings. The number of nitrogens with zero attached hydrogens (tertiary/aromatic N) is 3. The summed E-state index contributed by atoms with van der Waals surface area (Å²) in [6.45, 7) is 0.823. The Morgan fingerprint density at radius 3 is 2.34 bits per heavy atom. The Morgan fingerprint density at radius 1 is 1.03 bits per heavy atom. The van der Waals surface area contributed by atoms with Crippen molar-refractivity contribution < 1.29 is 17.6 Å². The zero-order chi connectivity index (χ0) is 20.8. The predicted molar refractivity (Wildman–Crippen MR) is 108 cm³/mol. The van der Waals surface area contributed by atoms with Gasteiger partial charge in [-0.15, -0.1) is 0 Å². The number of aryl methyl sites for hydroxylation is 1. The van der Waals surface area contributed by atoms with Gasteiger partial charge < -0.3 is 9.47 Å². The Balaban J connectivity index is 1.50. The molecule has 0 spiro atoms. The summed E-state index contributed by atoms with van der Waals surface area (Å²) in [7, 11) is -2.09. The third kappa shape index (κ3) is 3.59. The van der Waals surface area contributed by atoms with Gasteiger partial charge in [0.2, 0.25) is 10.0 Å². The summed E-state index contributed by atoms with van der Waals surface area (Å²) in [5, 5.41) is 0. The first-order chi connectivity index (χ1) is 13.8.